The Morgan fingerprint density at radius 1 is 1.55 bits per heavy atom. The number of carbonyl (C=O) groups excluding carboxylic acids is 1. The molecule has 0 spiro atoms. The first kappa shape index (κ1) is 14.3. The van der Waals surface area contributed by atoms with Crippen molar-refractivity contribution in [1.82, 2.24) is 4.90 Å². The van der Waals surface area contributed by atoms with E-state index < -0.39 is 10.8 Å². The summed E-state index contributed by atoms with van der Waals surface area (Å²) < 4.78 is 0. The maximum absolute atomic E-state index is 12.4. The molecule has 0 radical (unpaired) electrons. The van der Waals surface area contributed by atoms with Gasteiger partial charge in [-0.25, -0.2) is 0 Å². The Morgan fingerprint density at radius 3 is 2.85 bits per heavy atom. The molecule has 1 fully saturated rings. The average Bonchev–Trinajstić information content (AvgIpc) is 2.78. The Kier molecular flexibility index (Phi) is 3.89. The molecule has 20 heavy (non-hydrogen) atoms. The molecule has 2 unspecified atom stereocenters. The fourth-order valence-corrected chi connectivity index (χ4v) is 2.55. The van der Waals surface area contributed by atoms with Gasteiger partial charge in [-0.05, 0) is 24.5 Å². The molecule has 0 aromatic heterocycles. The normalized spacial score (nSPS) is 22.0. The molecule has 2 N–H and O–H groups in total. The molecule has 108 valence electrons. The van der Waals surface area contributed by atoms with Crippen LogP contribution in [0.1, 0.15) is 23.7 Å². The lowest BCUT2D eigenvalue weighted by Crippen LogP contribution is -2.40. The van der Waals surface area contributed by atoms with E-state index >= 15 is 0 Å². The lowest BCUT2D eigenvalue weighted by molar-refractivity contribution is -0.385. The SMILES string of the molecule is CC1CCN(C(=O)c2cc(O)ccc2[N+](=O)[O-])C1CO. The molecule has 7 nitrogen and oxygen atoms in total. The highest BCUT2D eigenvalue weighted by molar-refractivity contribution is 5.99. The lowest BCUT2D eigenvalue weighted by Gasteiger charge is -2.25. The van der Waals surface area contributed by atoms with Gasteiger partial charge >= 0.3 is 0 Å². The van der Waals surface area contributed by atoms with Gasteiger partial charge in [-0.15, -0.1) is 0 Å². The number of phenols is 1. The number of phenolic OH excluding ortho intramolecular Hbond substituents is 1. The first-order valence-corrected chi connectivity index (χ1v) is 6.35. The van der Waals surface area contributed by atoms with E-state index in [1.54, 1.807) is 0 Å². The van der Waals surface area contributed by atoms with Crippen molar-refractivity contribution >= 4 is 11.6 Å². The van der Waals surface area contributed by atoms with E-state index in [0.29, 0.717) is 6.54 Å². The largest absolute Gasteiger partial charge is 0.508 e. The number of carbonyl (C=O) groups is 1. The van der Waals surface area contributed by atoms with Crippen molar-refractivity contribution in [3.05, 3.63) is 33.9 Å². The molecular weight excluding hydrogens is 264 g/mol. The Hall–Kier alpha value is -2.15. The summed E-state index contributed by atoms with van der Waals surface area (Å²) in [5.41, 5.74) is -0.494. The Bertz CT molecular complexity index is 546. The number of nitro groups is 1. The minimum absolute atomic E-state index is 0.139. The number of hydrogen-bond acceptors (Lipinski definition) is 5. The Morgan fingerprint density at radius 2 is 2.25 bits per heavy atom. The van der Waals surface area contributed by atoms with Gasteiger partial charge in [0.15, 0.2) is 0 Å². The third kappa shape index (κ3) is 2.44. The summed E-state index contributed by atoms with van der Waals surface area (Å²) in [5.74, 6) is -0.594. The molecule has 1 aliphatic heterocycles. The number of aromatic hydroxyl groups is 1. The first-order chi connectivity index (χ1) is 9.45. The molecule has 2 rings (SSSR count). The van der Waals surface area contributed by atoms with Gasteiger partial charge in [-0.1, -0.05) is 6.92 Å². The molecule has 1 aliphatic rings. The molecule has 1 heterocycles. The summed E-state index contributed by atoms with van der Waals surface area (Å²) >= 11 is 0. The van der Waals surface area contributed by atoms with E-state index in [4.69, 9.17) is 0 Å². The highest BCUT2D eigenvalue weighted by atomic mass is 16.6. The second kappa shape index (κ2) is 5.46. The summed E-state index contributed by atoms with van der Waals surface area (Å²) in [4.78, 5) is 24.2. The van der Waals surface area contributed by atoms with Crippen molar-refractivity contribution in [3.63, 3.8) is 0 Å². The second-order valence-corrected chi connectivity index (χ2v) is 4.97. The number of nitro benzene ring substituents is 1. The van der Waals surface area contributed by atoms with Crippen LogP contribution in [0.4, 0.5) is 5.69 Å². The van der Waals surface area contributed by atoms with Gasteiger partial charge in [0.05, 0.1) is 17.6 Å². The number of amides is 1. The van der Waals surface area contributed by atoms with Crippen LogP contribution in [0, 0.1) is 16.0 Å². The topological polar surface area (TPSA) is 104 Å². The summed E-state index contributed by atoms with van der Waals surface area (Å²) in [6.07, 6.45) is 0.740. The maximum Gasteiger partial charge on any atom is 0.282 e. The summed E-state index contributed by atoms with van der Waals surface area (Å²) in [5, 5.41) is 29.8. The molecule has 1 aromatic carbocycles. The molecule has 1 aromatic rings. The number of benzene rings is 1. The van der Waals surface area contributed by atoms with Gasteiger partial charge in [0.2, 0.25) is 0 Å². The highest BCUT2D eigenvalue weighted by Gasteiger charge is 2.36. The van der Waals surface area contributed by atoms with Gasteiger partial charge in [0, 0.05) is 12.6 Å². The fraction of sp³-hybridized carbons (Fsp3) is 0.462. The second-order valence-electron chi connectivity index (χ2n) is 4.97. The minimum Gasteiger partial charge on any atom is -0.508 e. The van der Waals surface area contributed by atoms with Gasteiger partial charge in [0.25, 0.3) is 11.6 Å². The zero-order chi connectivity index (χ0) is 14.9. The van der Waals surface area contributed by atoms with E-state index in [0.717, 1.165) is 18.6 Å². The summed E-state index contributed by atoms with van der Waals surface area (Å²) in [6.45, 7) is 2.18. The zero-order valence-electron chi connectivity index (χ0n) is 11.0. The quantitative estimate of drug-likeness (QED) is 0.638. The smallest absolute Gasteiger partial charge is 0.282 e. The van der Waals surface area contributed by atoms with Crippen molar-refractivity contribution in [3.8, 4) is 5.75 Å². The van der Waals surface area contributed by atoms with Crippen LogP contribution in [-0.4, -0.2) is 45.1 Å². The molecule has 1 amide bonds. The van der Waals surface area contributed by atoms with Crippen LogP contribution >= 0.6 is 0 Å². The lowest BCUT2D eigenvalue weighted by atomic mass is 10.0. The number of rotatable bonds is 3. The molecular formula is C13H16N2O5. The summed E-state index contributed by atoms with van der Waals surface area (Å²) in [6, 6.07) is 3.03. The molecule has 7 heteroatoms. The molecule has 1 saturated heterocycles. The van der Waals surface area contributed by atoms with Crippen molar-refractivity contribution in [1.29, 1.82) is 0 Å². The van der Waals surface area contributed by atoms with Crippen LogP contribution in [0.15, 0.2) is 18.2 Å². The van der Waals surface area contributed by atoms with Crippen LogP contribution in [0.5, 0.6) is 5.75 Å². The molecule has 2 atom stereocenters. The van der Waals surface area contributed by atoms with E-state index in [-0.39, 0.29) is 35.6 Å². The number of likely N-dealkylation sites (tertiary alicyclic amines) is 1. The number of aliphatic hydroxyl groups is 1. The zero-order valence-corrected chi connectivity index (χ0v) is 11.0. The Labute approximate surface area is 115 Å². The van der Waals surface area contributed by atoms with Crippen LogP contribution in [0.2, 0.25) is 0 Å². The van der Waals surface area contributed by atoms with Crippen molar-refractivity contribution in [2.24, 2.45) is 5.92 Å². The molecule has 0 saturated carbocycles. The number of hydrogen-bond donors (Lipinski definition) is 2. The van der Waals surface area contributed by atoms with Gasteiger partial charge in [-0.3, -0.25) is 14.9 Å². The number of nitrogens with zero attached hydrogens (tertiary/aromatic N) is 2. The van der Waals surface area contributed by atoms with Crippen LogP contribution in [-0.2, 0) is 0 Å². The third-order valence-corrected chi connectivity index (χ3v) is 3.74. The van der Waals surface area contributed by atoms with Gasteiger partial charge in [0.1, 0.15) is 11.3 Å². The molecule has 0 bridgehead atoms. The van der Waals surface area contributed by atoms with Crippen molar-refractivity contribution < 1.29 is 19.9 Å². The van der Waals surface area contributed by atoms with E-state index in [2.05, 4.69) is 0 Å². The predicted octanol–water partition coefficient (Wildman–Crippen LogP) is 1.14. The minimum atomic E-state index is -0.653. The van der Waals surface area contributed by atoms with E-state index in [1.165, 1.54) is 11.0 Å². The number of aliphatic hydroxyl groups excluding tert-OH is 1. The molecule has 0 aliphatic carbocycles. The summed E-state index contributed by atoms with van der Waals surface area (Å²) in [7, 11) is 0. The van der Waals surface area contributed by atoms with Gasteiger partial charge in [-0.2, -0.15) is 0 Å². The van der Waals surface area contributed by atoms with Crippen molar-refractivity contribution in [2.45, 2.75) is 19.4 Å². The van der Waals surface area contributed by atoms with Crippen molar-refractivity contribution in [2.75, 3.05) is 13.2 Å². The van der Waals surface area contributed by atoms with Gasteiger partial charge < -0.3 is 15.1 Å². The predicted molar refractivity (Wildman–Crippen MR) is 70.5 cm³/mol. The monoisotopic (exact) mass is 280 g/mol. The maximum atomic E-state index is 12.4. The van der Waals surface area contributed by atoms with Crippen LogP contribution in [0.3, 0.4) is 0 Å². The fourth-order valence-electron chi connectivity index (χ4n) is 2.55. The van der Waals surface area contributed by atoms with E-state index in [1.807, 2.05) is 6.92 Å². The third-order valence-electron chi connectivity index (χ3n) is 3.74. The van der Waals surface area contributed by atoms with E-state index in [9.17, 15) is 25.1 Å². The highest BCUT2D eigenvalue weighted by Crippen LogP contribution is 2.30. The average molecular weight is 280 g/mol. The Balaban J connectivity index is 2.38. The van der Waals surface area contributed by atoms with Crippen LogP contribution in [0.25, 0.3) is 0 Å². The van der Waals surface area contributed by atoms with Crippen LogP contribution < -0.4 is 0 Å². The first-order valence-electron chi connectivity index (χ1n) is 6.35. The standard InChI is InChI=1S/C13H16N2O5/c1-8-4-5-14(12(8)7-16)13(18)10-6-9(17)2-3-11(10)15(19)20/h2-3,6,8,12,16-17H,4-5,7H2,1H3.